The first kappa shape index (κ1) is 18.6. The lowest BCUT2D eigenvalue weighted by atomic mass is 10.2. The zero-order valence-electron chi connectivity index (χ0n) is 11.6. The third-order valence-electron chi connectivity index (χ3n) is 2.85. The molecule has 6 nitrogen and oxygen atoms in total. The summed E-state index contributed by atoms with van der Waals surface area (Å²) in [6, 6.07) is -0.0325. The SMILES string of the molecule is COCCOCC(C)NC(=O)[C@@H]1CC[C@H](CN)O1.Cl. The highest BCUT2D eigenvalue weighted by molar-refractivity contribution is 5.85. The number of rotatable bonds is 8. The topological polar surface area (TPSA) is 82.8 Å². The maximum absolute atomic E-state index is 11.8. The smallest absolute Gasteiger partial charge is 0.249 e. The number of hydrogen-bond donors (Lipinski definition) is 2. The summed E-state index contributed by atoms with van der Waals surface area (Å²) in [6.07, 6.45) is 1.26. The number of carbonyl (C=O) groups is 1. The second-order valence-corrected chi connectivity index (χ2v) is 4.54. The fourth-order valence-corrected chi connectivity index (χ4v) is 1.85. The second kappa shape index (κ2) is 10.4. The van der Waals surface area contributed by atoms with E-state index in [2.05, 4.69) is 5.32 Å². The van der Waals surface area contributed by atoms with Gasteiger partial charge in [0, 0.05) is 19.7 Å². The first-order chi connectivity index (χ1) is 8.67. The Labute approximate surface area is 120 Å². The molecule has 1 fully saturated rings. The van der Waals surface area contributed by atoms with Crippen LogP contribution in [0.1, 0.15) is 19.8 Å². The minimum Gasteiger partial charge on any atom is -0.382 e. The summed E-state index contributed by atoms with van der Waals surface area (Å²) in [5.41, 5.74) is 5.50. The Morgan fingerprint density at radius 3 is 2.79 bits per heavy atom. The van der Waals surface area contributed by atoms with Crippen molar-refractivity contribution in [2.45, 2.75) is 38.0 Å². The Kier molecular flexibility index (Phi) is 10.2. The van der Waals surface area contributed by atoms with Crippen LogP contribution in [-0.4, -0.2) is 57.6 Å². The van der Waals surface area contributed by atoms with Crippen molar-refractivity contribution in [3.63, 3.8) is 0 Å². The van der Waals surface area contributed by atoms with Crippen LogP contribution in [0.15, 0.2) is 0 Å². The number of methoxy groups -OCH3 is 1. The van der Waals surface area contributed by atoms with Crippen LogP contribution in [-0.2, 0) is 19.0 Å². The number of halogens is 1. The molecule has 0 aromatic rings. The van der Waals surface area contributed by atoms with Gasteiger partial charge in [0.2, 0.25) is 5.91 Å². The predicted octanol–water partition coefficient (Wildman–Crippen LogP) is 0.0822. The molecule has 0 aromatic heterocycles. The van der Waals surface area contributed by atoms with Gasteiger partial charge in [-0.1, -0.05) is 0 Å². The Bertz CT molecular complexity index is 256. The van der Waals surface area contributed by atoms with E-state index in [4.69, 9.17) is 19.9 Å². The third-order valence-corrected chi connectivity index (χ3v) is 2.85. The molecule has 1 heterocycles. The number of amides is 1. The molecule has 7 heteroatoms. The summed E-state index contributed by atoms with van der Waals surface area (Å²) in [6.45, 7) is 3.94. The Hall–Kier alpha value is -0.400. The molecule has 1 aliphatic heterocycles. The van der Waals surface area contributed by atoms with Crippen molar-refractivity contribution in [3.8, 4) is 0 Å². The molecular weight excluding hydrogens is 272 g/mol. The minimum absolute atomic E-state index is 0. The van der Waals surface area contributed by atoms with Gasteiger partial charge >= 0.3 is 0 Å². The van der Waals surface area contributed by atoms with Gasteiger partial charge in [-0.25, -0.2) is 0 Å². The second-order valence-electron chi connectivity index (χ2n) is 4.54. The molecule has 3 N–H and O–H groups in total. The third kappa shape index (κ3) is 7.08. The number of nitrogens with two attached hydrogens (primary N) is 1. The summed E-state index contributed by atoms with van der Waals surface area (Å²) in [5, 5.41) is 2.87. The van der Waals surface area contributed by atoms with E-state index in [1.54, 1.807) is 7.11 Å². The lowest BCUT2D eigenvalue weighted by Crippen LogP contribution is -2.42. The Morgan fingerprint density at radius 2 is 2.21 bits per heavy atom. The van der Waals surface area contributed by atoms with Crippen LogP contribution in [0.4, 0.5) is 0 Å². The van der Waals surface area contributed by atoms with E-state index in [1.165, 1.54) is 0 Å². The molecule has 19 heavy (non-hydrogen) atoms. The van der Waals surface area contributed by atoms with Gasteiger partial charge in [0.05, 0.1) is 25.9 Å². The molecule has 0 aliphatic carbocycles. The van der Waals surface area contributed by atoms with Gasteiger partial charge in [-0.2, -0.15) is 0 Å². The Balaban J connectivity index is 0.00000324. The molecule has 1 unspecified atom stereocenters. The molecule has 0 bridgehead atoms. The highest BCUT2D eigenvalue weighted by Crippen LogP contribution is 2.18. The Morgan fingerprint density at radius 1 is 1.47 bits per heavy atom. The quantitative estimate of drug-likeness (QED) is 0.620. The van der Waals surface area contributed by atoms with Crippen molar-refractivity contribution in [1.29, 1.82) is 0 Å². The van der Waals surface area contributed by atoms with E-state index >= 15 is 0 Å². The van der Waals surface area contributed by atoms with E-state index in [1.807, 2.05) is 6.92 Å². The molecule has 1 aliphatic rings. The van der Waals surface area contributed by atoms with Gasteiger partial charge in [-0.3, -0.25) is 4.79 Å². The summed E-state index contributed by atoms with van der Waals surface area (Å²) < 4.78 is 15.7. The molecular formula is C12H25ClN2O4. The zero-order valence-corrected chi connectivity index (χ0v) is 12.4. The van der Waals surface area contributed by atoms with Crippen LogP contribution in [0.5, 0.6) is 0 Å². The van der Waals surface area contributed by atoms with E-state index < -0.39 is 0 Å². The van der Waals surface area contributed by atoms with Gasteiger partial charge in [-0.05, 0) is 19.8 Å². The number of ether oxygens (including phenoxy) is 3. The molecule has 0 radical (unpaired) electrons. The van der Waals surface area contributed by atoms with Crippen molar-refractivity contribution in [2.24, 2.45) is 5.73 Å². The molecule has 0 saturated carbocycles. The largest absolute Gasteiger partial charge is 0.382 e. The predicted molar refractivity (Wildman–Crippen MR) is 74.5 cm³/mol. The lowest BCUT2D eigenvalue weighted by Gasteiger charge is -2.17. The number of hydrogen-bond acceptors (Lipinski definition) is 5. The first-order valence-corrected chi connectivity index (χ1v) is 6.40. The van der Waals surface area contributed by atoms with Crippen molar-refractivity contribution >= 4 is 18.3 Å². The highest BCUT2D eigenvalue weighted by Gasteiger charge is 2.30. The van der Waals surface area contributed by atoms with Gasteiger partial charge in [0.15, 0.2) is 0 Å². The van der Waals surface area contributed by atoms with Gasteiger partial charge in [0.25, 0.3) is 0 Å². The van der Waals surface area contributed by atoms with Crippen molar-refractivity contribution in [3.05, 3.63) is 0 Å². The van der Waals surface area contributed by atoms with Crippen LogP contribution < -0.4 is 11.1 Å². The summed E-state index contributed by atoms with van der Waals surface area (Å²) >= 11 is 0. The van der Waals surface area contributed by atoms with Crippen LogP contribution in [0.25, 0.3) is 0 Å². The van der Waals surface area contributed by atoms with Crippen molar-refractivity contribution in [2.75, 3.05) is 33.5 Å². The van der Waals surface area contributed by atoms with Crippen molar-refractivity contribution in [1.82, 2.24) is 5.32 Å². The van der Waals surface area contributed by atoms with E-state index in [0.29, 0.717) is 26.4 Å². The van der Waals surface area contributed by atoms with Crippen LogP contribution >= 0.6 is 12.4 Å². The standard InChI is InChI=1S/C12H24N2O4.ClH/c1-9(8-17-6-5-16-2)14-12(15)11-4-3-10(7-13)18-11;/h9-11H,3-8,13H2,1-2H3,(H,14,15);1H/t9?,10-,11+;/m1./s1. The van der Waals surface area contributed by atoms with Crippen LogP contribution in [0.3, 0.4) is 0 Å². The highest BCUT2D eigenvalue weighted by atomic mass is 35.5. The van der Waals surface area contributed by atoms with Gasteiger partial charge < -0.3 is 25.3 Å². The molecule has 1 saturated heterocycles. The molecule has 0 spiro atoms. The lowest BCUT2D eigenvalue weighted by molar-refractivity contribution is -0.132. The molecule has 0 aromatic carbocycles. The van der Waals surface area contributed by atoms with Gasteiger partial charge in [0.1, 0.15) is 6.10 Å². The minimum atomic E-state index is -0.361. The normalized spacial score (nSPS) is 23.7. The molecule has 1 amide bonds. The first-order valence-electron chi connectivity index (χ1n) is 6.40. The van der Waals surface area contributed by atoms with E-state index in [-0.39, 0.29) is 36.6 Å². The maximum Gasteiger partial charge on any atom is 0.249 e. The van der Waals surface area contributed by atoms with Crippen LogP contribution in [0, 0.1) is 0 Å². The summed E-state index contributed by atoms with van der Waals surface area (Å²) in [4.78, 5) is 11.8. The van der Waals surface area contributed by atoms with Gasteiger partial charge in [-0.15, -0.1) is 12.4 Å². The van der Waals surface area contributed by atoms with E-state index in [9.17, 15) is 4.79 Å². The van der Waals surface area contributed by atoms with Crippen LogP contribution in [0.2, 0.25) is 0 Å². The monoisotopic (exact) mass is 296 g/mol. The maximum atomic E-state index is 11.8. The van der Waals surface area contributed by atoms with E-state index in [0.717, 1.165) is 12.8 Å². The summed E-state index contributed by atoms with van der Waals surface area (Å²) in [7, 11) is 1.62. The number of carbonyl (C=O) groups excluding carboxylic acids is 1. The fraction of sp³-hybridized carbons (Fsp3) is 0.917. The molecule has 3 atom stereocenters. The van der Waals surface area contributed by atoms with Crippen molar-refractivity contribution < 1.29 is 19.0 Å². The molecule has 1 rings (SSSR count). The number of nitrogens with one attached hydrogen (secondary N) is 1. The summed E-state index contributed by atoms with van der Waals surface area (Å²) in [5.74, 6) is -0.0752. The molecule has 114 valence electrons. The zero-order chi connectivity index (χ0) is 13.4. The average Bonchev–Trinajstić information content (AvgIpc) is 2.83. The fourth-order valence-electron chi connectivity index (χ4n) is 1.85. The average molecular weight is 297 g/mol.